The first-order valence-electron chi connectivity index (χ1n) is 5.12. The zero-order chi connectivity index (χ0) is 13.0. The Labute approximate surface area is 114 Å². The Bertz CT molecular complexity index is 569. The first-order chi connectivity index (χ1) is 8.69. The maximum Gasteiger partial charge on any atom is 0.240 e. The molecule has 0 amide bonds. The van der Waals surface area contributed by atoms with Gasteiger partial charge in [0, 0.05) is 15.6 Å². The molecule has 2 rings (SSSR count). The number of halogens is 2. The van der Waals surface area contributed by atoms with Crippen LogP contribution < -0.4 is 5.32 Å². The zero-order valence-electron chi connectivity index (χ0n) is 9.28. The molecule has 1 aromatic carbocycles. The van der Waals surface area contributed by atoms with Gasteiger partial charge in [-0.25, -0.2) is 0 Å². The van der Waals surface area contributed by atoms with Crippen molar-refractivity contribution in [2.24, 2.45) is 0 Å². The van der Waals surface area contributed by atoms with E-state index in [4.69, 9.17) is 34.1 Å². The normalized spacial score (nSPS) is 10.3. The number of terminal acetylenes is 1. The Kier molecular flexibility index (Phi) is 4.21. The van der Waals surface area contributed by atoms with E-state index in [0.29, 0.717) is 40.4 Å². The fourth-order valence-electron chi connectivity index (χ4n) is 1.37. The van der Waals surface area contributed by atoms with Crippen molar-refractivity contribution in [2.45, 2.75) is 6.54 Å². The lowest BCUT2D eigenvalue weighted by Gasteiger charge is -1.97. The van der Waals surface area contributed by atoms with Gasteiger partial charge in [-0.15, -0.1) is 6.42 Å². The van der Waals surface area contributed by atoms with Crippen LogP contribution >= 0.6 is 23.2 Å². The monoisotopic (exact) mass is 281 g/mol. The van der Waals surface area contributed by atoms with Gasteiger partial charge in [0.15, 0.2) is 0 Å². The lowest BCUT2D eigenvalue weighted by Crippen LogP contribution is -2.13. The summed E-state index contributed by atoms with van der Waals surface area (Å²) in [5.74, 6) is 3.35. The van der Waals surface area contributed by atoms with Crippen molar-refractivity contribution >= 4 is 23.2 Å². The van der Waals surface area contributed by atoms with Crippen molar-refractivity contribution in [3.63, 3.8) is 0 Å². The molecule has 92 valence electrons. The molecule has 0 aliphatic carbocycles. The standard InChI is InChI=1S/C12H9Cl2N3O/c1-2-3-15-7-11-16-12(17-18-11)8-4-9(13)6-10(14)5-8/h1,4-6,15H,3,7H2. The zero-order valence-corrected chi connectivity index (χ0v) is 10.8. The predicted molar refractivity (Wildman–Crippen MR) is 70.3 cm³/mol. The van der Waals surface area contributed by atoms with Crippen LogP contribution in [0.15, 0.2) is 22.7 Å². The lowest BCUT2D eigenvalue weighted by atomic mass is 10.2. The molecule has 1 N–H and O–H groups in total. The van der Waals surface area contributed by atoms with E-state index in [9.17, 15) is 0 Å². The molecule has 0 aliphatic rings. The largest absolute Gasteiger partial charge is 0.338 e. The Morgan fingerprint density at radius 3 is 2.67 bits per heavy atom. The minimum Gasteiger partial charge on any atom is -0.338 e. The molecule has 2 aromatic rings. The Morgan fingerprint density at radius 1 is 1.28 bits per heavy atom. The minimum atomic E-state index is 0.422. The van der Waals surface area contributed by atoms with Crippen LogP contribution in [0.3, 0.4) is 0 Å². The predicted octanol–water partition coefficient (Wildman–Crippen LogP) is 2.77. The number of aromatic nitrogens is 2. The molecule has 6 heteroatoms. The molecule has 1 heterocycles. The van der Waals surface area contributed by atoms with E-state index in [2.05, 4.69) is 21.4 Å². The maximum absolute atomic E-state index is 5.90. The van der Waals surface area contributed by atoms with E-state index in [0.717, 1.165) is 0 Å². The Balaban J connectivity index is 2.16. The summed E-state index contributed by atoms with van der Waals surface area (Å²) in [6.07, 6.45) is 5.11. The summed E-state index contributed by atoms with van der Waals surface area (Å²) < 4.78 is 5.07. The molecule has 18 heavy (non-hydrogen) atoms. The second-order valence-corrected chi connectivity index (χ2v) is 4.35. The molecule has 0 unspecified atom stereocenters. The average molecular weight is 282 g/mol. The number of hydrogen-bond acceptors (Lipinski definition) is 4. The molecule has 1 aromatic heterocycles. The van der Waals surface area contributed by atoms with Crippen LogP contribution in [-0.4, -0.2) is 16.7 Å². The van der Waals surface area contributed by atoms with Crippen molar-refractivity contribution in [1.82, 2.24) is 15.5 Å². The first-order valence-corrected chi connectivity index (χ1v) is 5.88. The van der Waals surface area contributed by atoms with Crippen LogP contribution in [0, 0.1) is 12.3 Å². The lowest BCUT2D eigenvalue weighted by molar-refractivity contribution is 0.370. The summed E-state index contributed by atoms with van der Waals surface area (Å²) >= 11 is 11.8. The third-order valence-electron chi connectivity index (χ3n) is 2.09. The number of benzene rings is 1. The summed E-state index contributed by atoms with van der Waals surface area (Å²) in [6, 6.07) is 5.08. The quantitative estimate of drug-likeness (QED) is 0.692. The van der Waals surface area contributed by atoms with Crippen LogP contribution in [0.1, 0.15) is 5.89 Å². The summed E-state index contributed by atoms with van der Waals surface area (Å²) in [5, 5.41) is 7.85. The Morgan fingerprint density at radius 2 is 2.00 bits per heavy atom. The molecular weight excluding hydrogens is 273 g/mol. The van der Waals surface area contributed by atoms with Crippen LogP contribution in [-0.2, 0) is 6.54 Å². The maximum atomic E-state index is 5.90. The van der Waals surface area contributed by atoms with E-state index in [-0.39, 0.29) is 0 Å². The smallest absolute Gasteiger partial charge is 0.240 e. The third-order valence-corrected chi connectivity index (χ3v) is 2.53. The Hall–Kier alpha value is -1.54. The van der Waals surface area contributed by atoms with Gasteiger partial charge in [-0.2, -0.15) is 4.98 Å². The van der Waals surface area contributed by atoms with E-state index in [1.165, 1.54) is 0 Å². The molecule has 0 fully saturated rings. The highest BCUT2D eigenvalue weighted by Gasteiger charge is 2.09. The van der Waals surface area contributed by atoms with Gasteiger partial charge in [-0.3, -0.25) is 5.32 Å². The van der Waals surface area contributed by atoms with Crippen LogP contribution in [0.25, 0.3) is 11.4 Å². The molecule has 0 saturated heterocycles. The highest BCUT2D eigenvalue weighted by Crippen LogP contribution is 2.25. The van der Waals surface area contributed by atoms with E-state index >= 15 is 0 Å². The topological polar surface area (TPSA) is 51.0 Å². The van der Waals surface area contributed by atoms with Gasteiger partial charge < -0.3 is 4.52 Å². The van der Waals surface area contributed by atoms with E-state index < -0.39 is 0 Å². The van der Waals surface area contributed by atoms with Crippen molar-refractivity contribution in [3.8, 4) is 23.7 Å². The molecule has 0 radical (unpaired) electrons. The van der Waals surface area contributed by atoms with Gasteiger partial charge in [0.2, 0.25) is 11.7 Å². The van der Waals surface area contributed by atoms with Crippen LogP contribution in [0.4, 0.5) is 0 Å². The number of nitrogens with one attached hydrogen (secondary N) is 1. The second kappa shape index (κ2) is 5.87. The molecule has 0 spiro atoms. The fourth-order valence-corrected chi connectivity index (χ4v) is 1.89. The van der Waals surface area contributed by atoms with Crippen molar-refractivity contribution in [1.29, 1.82) is 0 Å². The molecule has 0 saturated carbocycles. The van der Waals surface area contributed by atoms with Gasteiger partial charge in [0.25, 0.3) is 0 Å². The summed E-state index contributed by atoms with van der Waals surface area (Å²) in [6.45, 7) is 0.867. The summed E-state index contributed by atoms with van der Waals surface area (Å²) in [5.41, 5.74) is 0.708. The van der Waals surface area contributed by atoms with Gasteiger partial charge in [-0.1, -0.05) is 34.3 Å². The number of rotatable bonds is 4. The minimum absolute atomic E-state index is 0.422. The average Bonchev–Trinajstić information content (AvgIpc) is 2.77. The fraction of sp³-hybridized carbons (Fsp3) is 0.167. The molecule has 0 atom stereocenters. The SMILES string of the molecule is C#CCNCc1nc(-c2cc(Cl)cc(Cl)c2)no1. The molecule has 0 aliphatic heterocycles. The van der Waals surface area contributed by atoms with Gasteiger partial charge >= 0.3 is 0 Å². The summed E-state index contributed by atoms with van der Waals surface area (Å²) in [7, 11) is 0. The highest BCUT2D eigenvalue weighted by atomic mass is 35.5. The highest BCUT2D eigenvalue weighted by molar-refractivity contribution is 6.35. The summed E-state index contributed by atoms with van der Waals surface area (Å²) in [4.78, 5) is 4.21. The number of hydrogen-bond donors (Lipinski definition) is 1. The van der Waals surface area contributed by atoms with E-state index in [1.807, 2.05) is 0 Å². The van der Waals surface area contributed by atoms with Crippen molar-refractivity contribution in [2.75, 3.05) is 6.54 Å². The molecule has 0 bridgehead atoms. The van der Waals surface area contributed by atoms with Crippen LogP contribution in [0.5, 0.6) is 0 Å². The first kappa shape index (κ1) is 12.9. The van der Waals surface area contributed by atoms with Crippen molar-refractivity contribution in [3.05, 3.63) is 34.1 Å². The third kappa shape index (κ3) is 3.23. The van der Waals surface area contributed by atoms with Gasteiger partial charge in [0.1, 0.15) is 0 Å². The van der Waals surface area contributed by atoms with Crippen LogP contribution in [0.2, 0.25) is 10.0 Å². The van der Waals surface area contributed by atoms with E-state index in [1.54, 1.807) is 18.2 Å². The number of nitrogens with zero attached hydrogens (tertiary/aromatic N) is 2. The van der Waals surface area contributed by atoms with Gasteiger partial charge in [0.05, 0.1) is 13.1 Å². The molecule has 4 nitrogen and oxygen atoms in total. The second-order valence-electron chi connectivity index (χ2n) is 3.48. The van der Waals surface area contributed by atoms with Gasteiger partial charge in [-0.05, 0) is 18.2 Å². The molecular formula is C12H9Cl2N3O. The van der Waals surface area contributed by atoms with Crippen molar-refractivity contribution < 1.29 is 4.52 Å².